The molecule has 0 spiro atoms. The van der Waals surface area contributed by atoms with E-state index in [-0.39, 0.29) is 0 Å². The van der Waals surface area contributed by atoms with Gasteiger partial charge in [-0.2, -0.15) is 5.90 Å². The minimum absolute atomic E-state index is 0.681. The molecule has 0 radical (unpaired) electrons. The van der Waals surface area contributed by atoms with Gasteiger partial charge in [-0.15, -0.1) is 6.58 Å². The van der Waals surface area contributed by atoms with Gasteiger partial charge in [0.05, 0.1) is 0 Å². The Bertz CT molecular complexity index is 102. The van der Waals surface area contributed by atoms with Gasteiger partial charge in [-0.1, -0.05) is 6.08 Å². The van der Waals surface area contributed by atoms with E-state index in [1.165, 1.54) is 6.08 Å². The fourth-order valence-electron chi connectivity index (χ4n) is 0.175. The highest BCUT2D eigenvalue weighted by Crippen LogP contribution is 1.79. The minimum Gasteiger partial charge on any atom is -0.372 e. The van der Waals surface area contributed by atoms with Gasteiger partial charge < -0.3 is 10.6 Å². The highest BCUT2D eigenvalue weighted by Gasteiger charge is 2.07. The third kappa shape index (κ3) is 1.72. The highest BCUT2D eigenvalue weighted by atomic mass is 16.7. The molecule has 1 atom stereocenters. The molecule has 46 valence electrons. The van der Waals surface area contributed by atoms with E-state index in [2.05, 4.69) is 17.3 Å². The second kappa shape index (κ2) is 3.17. The molecule has 0 aliphatic rings. The second-order valence-corrected chi connectivity index (χ2v) is 1.20. The SMILES string of the molecule is C=CC(N)C(=O)ON. The van der Waals surface area contributed by atoms with Crippen molar-refractivity contribution in [3.63, 3.8) is 0 Å². The molecule has 0 saturated carbocycles. The number of nitrogens with two attached hydrogens (primary N) is 2. The summed E-state index contributed by atoms with van der Waals surface area (Å²) in [5.74, 6) is 3.79. The fraction of sp³-hybridized carbons (Fsp3) is 0.250. The zero-order chi connectivity index (χ0) is 6.57. The molecule has 0 aromatic heterocycles. The monoisotopic (exact) mass is 116 g/mol. The molecule has 0 rings (SSSR count). The van der Waals surface area contributed by atoms with Crippen molar-refractivity contribution in [3.05, 3.63) is 12.7 Å². The van der Waals surface area contributed by atoms with Gasteiger partial charge in [0, 0.05) is 0 Å². The van der Waals surface area contributed by atoms with Crippen molar-refractivity contribution in [2.24, 2.45) is 11.6 Å². The predicted octanol–water partition coefficient (Wildman–Crippen LogP) is -1.08. The molecule has 4 nitrogen and oxygen atoms in total. The first-order chi connectivity index (χ1) is 3.72. The van der Waals surface area contributed by atoms with Gasteiger partial charge in [-0.25, -0.2) is 4.79 Å². The number of carbonyl (C=O) groups excluding carboxylic acids is 1. The van der Waals surface area contributed by atoms with Gasteiger partial charge in [0.15, 0.2) is 0 Å². The molecular weight excluding hydrogens is 108 g/mol. The summed E-state index contributed by atoms with van der Waals surface area (Å²) in [4.78, 5) is 14.0. The molecule has 0 aromatic carbocycles. The number of hydrogen-bond donors (Lipinski definition) is 2. The van der Waals surface area contributed by atoms with E-state index in [4.69, 9.17) is 5.73 Å². The Morgan fingerprint density at radius 2 is 2.38 bits per heavy atom. The van der Waals surface area contributed by atoms with Gasteiger partial charge in [0.2, 0.25) is 0 Å². The first kappa shape index (κ1) is 7.13. The summed E-state index contributed by atoms with van der Waals surface area (Å²) >= 11 is 0. The quantitative estimate of drug-likeness (QED) is 0.355. The lowest BCUT2D eigenvalue weighted by atomic mass is 10.3. The van der Waals surface area contributed by atoms with Gasteiger partial charge in [-0.05, 0) is 0 Å². The van der Waals surface area contributed by atoms with Crippen molar-refractivity contribution < 1.29 is 9.63 Å². The van der Waals surface area contributed by atoms with Crippen molar-refractivity contribution >= 4 is 5.97 Å². The van der Waals surface area contributed by atoms with E-state index < -0.39 is 12.0 Å². The van der Waals surface area contributed by atoms with Crippen molar-refractivity contribution in [2.75, 3.05) is 0 Å². The Morgan fingerprint density at radius 3 is 2.50 bits per heavy atom. The van der Waals surface area contributed by atoms with Crippen LogP contribution in [0.25, 0.3) is 0 Å². The van der Waals surface area contributed by atoms with E-state index in [0.29, 0.717) is 0 Å². The topological polar surface area (TPSA) is 78.3 Å². The average Bonchev–Trinajstić information content (AvgIpc) is 1.84. The first-order valence-corrected chi connectivity index (χ1v) is 2.01. The maximum Gasteiger partial charge on any atom is 0.345 e. The lowest BCUT2D eigenvalue weighted by Gasteiger charge is -1.98. The average molecular weight is 116 g/mol. The van der Waals surface area contributed by atoms with Crippen LogP contribution in [0.5, 0.6) is 0 Å². The molecule has 0 aliphatic heterocycles. The van der Waals surface area contributed by atoms with Crippen molar-refractivity contribution in [1.82, 2.24) is 0 Å². The van der Waals surface area contributed by atoms with Crippen molar-refractivity contribution in [3.8, 4) is 0 Å². The summed E-state index contributed by atoms with van der Waals surface area (Å²) in [7, 11) is 0. The summed E-state index contributed by atoms with van der Waals surface area (Å²) in [6, 6.07) is -0.806. The van der Waals surface area contributed by atoms with Crippen LogP contribution in [0.4, 0.5) is 0 Å². The van der Waals surface area contributed by atoms with Gasteiger partial charge >= 0.3 is 5.97 Å². The largest absolute Gasteiger partial charge is 0.372 e. The van der Waals surface area contributed by atoms with Crippen LogP contribution in [0.2, 0.25) is 0 Å². The molecule has 0 amide bonds. The summed E-state index contributed by atoms with van der Waals surface area (Å²) < 4.78 is 0. The molecule has 4 N–H and O–H groups in total. The van der Waals surface area contributed by atoms with E-state index in [0.717, 1.165) is 0 Å². The third-order valence-electron chi connectivity index (χ3n) is 0.642. The summed E-state index contributed by atoms with van der Waals surface area (Å²) in [5, 5.41) is 0. The van der Waals surface area contributed by atoms with E-state index in [1.54, 1.807) is 0 Å². The van der Waals surface area contributed by atoms with Gasteiger partial charge in [0.25, 0.3) is 0 Å². The van der Waals surface area contributed by atoms with Crippen LogP contribution in [0, 0.1) is 0 Å². The predicted molar refractivity (Wildman–Crippen MR) is 28.5 cm³/mol. The van der Waals surface area contributed by atoms with Crippen LogP contribution in [0.1, 0.15) is 0 Å². The second-order valence-electron chi connectivity index (χ2n) is 1.20. The third-order valence-corrected chi connectivity index (χ3v) is 0.642. The lowest BCUT2D eigenvalue weighted by Crippen LogP contribution is -2.31. The summed E-state index contributed by atoms with van der Waals surface area (Å²) in [6.07, 6.45) is 1.25. The summed E-state index contributed by atoms with van der Waals surface area (Å²) in [5.41, 5.74) is 5.05. The number of carbonyl (C=O) groups is 1. The van der Waals surface area contributed by atoms with Crippen LogP contribution < -0.4 is 11.6 Å². The van der Waals surface area contributed by atoms with E-state index in [9.17, 15) is 4.79 Å². The molecule has 4 heteroatoms. The molecule has 0 fully saturated rings. The van der Waals surface area contributed by atoms with Crippen LogP contribution >= 0.6 is 0 Å². The number of hydrogen-bond acceptors (Lipinski definition) is 4. The standard InChI is InChI=1S/C4H8N2O2/c1-2-3(5)4(7)8-6/h2-3H,1,5-6H2. The number of rotatable bonds is 2. The Labute approximate surface area is 47.1 Å². The van der Waals surface area contributed by atoms with E-state index in [1.807, 2.05) is 0 Å². The first-order valence-electron chi connectivity index (χ1n) is 2.01. The maximum absolute atomic E-state index is 10.2. The molecule has 0 aliphatic carbocycles. The molecule has 8 heavy (non-hydrogen) atoms. The Hall–Kier alpha value is -0.870. The lowest BCUT2D eigenvalue weighted by molar-refractivity contribution is -0.144. The zero-order valence-electron chi connectivity index (χ0n) is 4.33. The summed E-state index contributed by atoms with van der Waals surface area (Å²) in [6.45, 7) is 3.25. The Morgan fingerprint density at radius 1 is 1.88 bits per heavy atom. The molecule has 0 heterocycles. The van der Waals surface area contributed by atoms with E-state index >= 15 is 0 Å². The van der Waals surface area contributed by atoms with Gasteiger partial charge in [0.1, 0.15) is 6.04 Å². The van der Waals surface area contributed by atoms with Crippen LogP contribution in [-0.2, 0) is 9.63 Å². The molecule has 0 saturated heterocycles. The minimum atomic E-state index is -0.806. The maximum atomic E-state index is 10.2. The van der Waals surface area contributed by atoms with Crippen molar-refractivity contribution in [1.29, 1.82) is 0 Å². The van der Waals surface area contributed by atoms with Crippen LogP contribution in [-0.4, -0.2) is 12.0 Å². The Balaban J connectivity index is 3.62. The Kier molecular flexibility index (Phi) is 2.83. The highest BCUT2D eigenvalue weighted by molar-refractivity contribution is 5.77. The van der Waals surface area contributed by atoms with Crippen LogP contribution in [0.15, 0.2) is 12.7 Å². The molecule has 1 unspecified atom stereocenters. The van der Waals surface area contributed by atoms with Crippen LogP contribution in [0.3, 0.4) is 0 Å². The fourth-order valence-corrected chi connectivity index (χ4v) is 0.175. The van der Waals surface area contributed by atoms with Gasteiger partial charge in [-0.3, -0.25) is 0 Å². The zero-order valence-corrected chi connectivity index (χ0v) is 4.33. The molecule has 0 bridgehead atoms. The van der Waals surface area contributed by atoms with Crippen molar-refractivity contribution in [2.45, 2.75) is 6.04 Å². The molecular formula is C4H8N2O2. The molecule has 0 aromatic rings. The normalized spacial score (nSPS) is 12.2. The smallest absolute Gasteiger partial charge is 0.345 e.